The van der Waals surface area contributed by atoms with Gasteiger partial charge in [-0.3, -0.25) is 0 Å². The van der Waals surface area contributed by atoms with Crippen LogP contribution in [0.3, 0.4) is 0 Å². The molecule has 1 aromatic heterocycles. The second kappa shape index (κ2) is 6.92. The highest BCUT2D eigenvalue weighted by Crippen LogP contribution is 2.31. The maximum absolute atomic E-state index is 2.34. The minimum absolute atomic E-state index is 0.833. The topological polar surface area (TPSA) is 4.93 Å². The molecule has 0 spiro atoms. The number of hydrogen-bond acceptors (Lipinski definition) is 0. The molecule has 122 valence electrons. The summed E-state index contributed by atoms with van der Waals surface area (Å²) < 4.78 is 2.34. The molecular weight excluding hydrogens is 290 g/mol. The summed E-state index contributed by atoms with van der Waals surface area (Å²) in [7, 11) is 0. The molecule has 0 radical (unpaired) electrons. The zero-order chi connectivity index (χ0) is 17.1. The van der Waals surface area contributed by atoms with Crippen LogP contribution in [0.2, 0.25) is 0 Å². The van der Waals surface area contributed by atoms with E-state index in [0.717, 1.165) is 5.92 Å². The van der Waals surface area contributed by atoms with Crippen LogP contribution in [0.5, 0.6) is 0 Å². The molecule has 24 heavy (non-hydrogen) atoms. The van der Waals surface area contributed by atoms with Gasteiger partial charge in [0, 0.05) is 16.5 Å². The van der Waals surface area contributed by atoms with Gasteiger partial charge in [0.25, 0.3) is 0 Å². The molecule has 0 aliphatic rings. The number of hydrogen-bond donors (Lipinski definition) is 0. The van der Waals surface area contributed by atoms with Gasteiger partial charge in [0.1, 0.15) is 0 Å². The molecule has 1 heterocycles. The number of benzene rings is 3. The summed E-state index contributed by atoms with van der Waals surface area (Å²) in [5, 5.41) is 2.62. The Morgan fingerprint density at radius 2 is 1.04 bits per heavy atom. The Labute approximate surface area is 144 Å². The Morgan fingerprint density at radius 1 is 0.625 bits per heavy atom. The first-order valence-electron chi connectivity index (χ1n) is 8.63. The van der Waals surface area contributed by atoms with Gasteiger partial charge in [-0.1, -0.05) is 74.9 Å². The van der Waals surface area contributed by atoms with Crippen molar-refractivity contribution in [3.05, 3.63) is 78.4 Å². The lowest BCUT2D eigenvalue weighted by atomic mass is 10.2. The number of rotatable bonds is 1. The standard InChI is InChI=1S/C19H15N.C4H10/c1-14-10-12-15(13-11-14)20-18-8-4-2-6-16(18)17-7-3-5-9-19(17)20;1-4(2)3/h2-13H,1H3;4H,1-3H3. The molecule has 1 nitrogen and oxygen atoms in total. The van der Waals surface area contributed by atoms with Crippen molar-refractivity contribution in [2.24, 2.45) is 5.92 Å². The highest BCUT2D eigenvalue weighted by atomic mass is 15.0. The van der Waals surface area contributed by atoms with Crippen LogP contribution in [0.1, 0.15) is 26.3 Å². The van der Waals surface area contributed by atoms with Crippen molar-refractivity contribution < 1.29 is 0 Å². The molecule has 0 N–H and O–H groups in total. The van der Waals surface area contributed by atoms with E-state index in [1.807, 2.05) is 0 Å². The van der Waals surface area contributed by atoms with E-state index in [1.54, 1.807) is 0 Å². The average Bonchev–Trinajstić information content (AvgIpc) is 2.90. The Hall–Kier alpha value is -2.54. The first-order valence-corrected chi connectivity index (χ1v) is 8.63. The molecule has 0 aliphatic carbocycles. The molecule has 0 saturated carbocycles. The molecular formula is C23H25N. The second-order valence-corrected chi connectivity index (χ2v) is 6.94. The van der Waals surface area contributed by atoms with Crippen molar-refractivity contribution in [2.45, 2.75) is 27.7 Å². The molecule has 0 unspecified atom stereocenters. The van der Waals surface area contributed by atoms with Gasteiger partial charge in [0.15, 0.2) is 0 Å². The van der Waals surface area contributed by atoms with Crippen LogP contribution in [0, 0.1) is 12.8 Å². The van der Waals surface area contributed by atoms with Crippen LogP contribution in [0.25, 0.3) is 27.5 Å². The number of aromatic nitrogens is 1. The van der Waals surface area contributed by atoms with Crippen molar-refractivity contribution in [3.8, 4) is 5.69 Å². The van der Waals surface area contributed by atoms with Crippen molar-refractivity contribution in [1.82, 2.24) is 4.57 Å². The summed E-state index contributed by atoms with van der Waals surface area (Å²) in [4.78, 5) is 0. The van der Waals surface area contributed by atoms with Gasteiger partial charge >= 0.3 is 0 Å². The predicted octanol–water partition coefficient (Wildman–Crippen LogP) is 6.75. The van der Waals surface area contributed by atoms with Gasteiger partial charge < -0.3 is 4.57 Å². The number of aryl methyl sites for hydroxylation is 1. The summed E-state index contributed by atoms with van der Waals surface area (Å²) in [5.41, 5.74) is 5.03. The van der Waals surface area contributed by atoms with Gasteiger partial charge in [-0.15, -0.1) is 0 Å². The average molecular weight is 315 g/mol. The number of fused-ring (bicyclic) bond motifs is 3. The maximum atomic E-state index is 2.34. The summed E-state index contributed by atoms with van der Waals surface area (Å²) in [6.45, 7) is 8.62. The smallest absolute Gasteiger partial charge is 0.0541 e. The monoisotopic (exact) mass is 315 g/mol. The van der Waals surface area contributed by atoms with Crippen LogP contribution in [-0.4, -0.2) is 4.57 Å². The van der Waals surface area contributed by atoms with Crippen LogP contribution < -0.4 is 0 Å². The van der Waals surface area contributed by atoms with Crippen LogP contribution in [-0.2, 0) is 0 Å². The Kier molecular flexibility index (Phi) is 4.71. The quantitative estimate of drug-likeness (QED) is 0.366. The van der Waals surface area contributed by atoms with Crippen molar-refractivity contribution >= 4 is 21.8 Å². The fourth-order valence-corrected chi connectivity index (χ4v) is 2.89. The zero-order valence-electron chi connectivity index (χ0n) is 15.0. The zero-order valence-corrected chi connectivity index (χ0v) is 15.0. The molecule has 1 heteroatoms. The largest absolute Gasteiger partial charge is 0.309 e. The van der Waals surface area contributed by atoms with Crippen LogP contribution in [0.4, 0.5) is 0 Å². The van der Waals surface area contributed by atoms with Crippen LogP contribution >= 0.6 is 0 Å². The van der Waals surface area contributed by atoms with Gasteiger partial charge in [-0.25, -0.2) is 0 Å². The molecule has 3 aromatic carbocycles. The van der Waals surface area contributed by atoms with Crippen molar-refractivity contribution in [2.75, 3.05) is 0 Å². The lowest BCUT2D eigenvalue weighted by molar-refractivity contribution is 0.737. The van der Waals surface area contributed by atoms with E-state index in [4.69, 9.17) is 0 Å². The van der Waals surface area contributed by atoms with E-state index in [2.05, 4.69) is 105 Å². The SMILES string of the molecule is CC(C)C.Cc1ccc(-n2c3ccccc3c3ccccc32)cc1. The molecule has 0 saturated heterocycles. The van der Waals surface area contributed by atoms with Crippen molar-refractivity contribution in [3.63, 3.8) is 0 Å². The van der Waals surface area contributed by atoms with E-state index in [9.17, 15) is 0 Å². The van der Waals surface area contributed by atoms with E-state index >= 15 is 0 Å². The van der Waals surface area contributed by atoms with Gasteiger partial charge in [-0.2, -0.15) is 0 Å². The van der Waals surface area contributed by atoms with E-state index in [0.29, 0.717) is 0 Å². The van der Waals surface area contributed by atoms with Gasteiger partial charge in [0.2, 0.25) is 0 Å². The predicted molar refractivity (Wildman–Crippen MR) is 106 cm³/mol. The van der Waals surface area contributed by atoms with Crippen LogP contribution in [0.15, 0.2) is 72.8 Å². The fourth-order valence-electron chi connectivity index (χ4n) is 2.89. The lowest BCUT2D eigenvalue weighted by Crippen LogP contribution is -1.93. The third-order valence-electron chi connectivity index (χ3n) is 3.87. The van der Waals surface area contributed by atoms with Crippen molar-refractivity contribution in [1.29, 1.82) is 0 Å². The first kappa shape index (κ1) is 16.3. The highest BCUT2D eigenvalue weighted by Gasteiger charge is 2.10. The van der Waals surface area contributed by atoms with E-state index in [-0.39, 0.29) is 0 Å². The molecule has 0 amide bonds. The summed E-state index contributed by atoms with van der Waals surface area (Å²) in [5.74, 6) is 0.833. The molecule has 0 atom stereocenters. The lowest BCUT2D eigenvalue weighted by Gasteiger charge is -2.07. The summed E-state index contributed by atoms with van der Waals surface area (Å²) >= 11 is 0. The molecule has 0 bridgehead atoms. The van der Waals surface area contributed by atoms with Gasteiger partial charge in [-0.05, 0) is 37.1 Å². The Morgan fingerprint density at radius 3 is 1.50 bits per heavy atom. The Balaban J connectivity index is 0.000000383. The molecule has 4 rings (SSSR count). The normalized spacial score (nSPS) is 10.9. The third kappa shape index (κ3) is 3.21. The Bertz CT molecular complexity index is 887. The van der Waals surface area contributed by atoms with E-state index in [1.165, 1.54) is 33.1 Å². The summed E-state index contributed by atoms with van der Waals surface area (Å²) in [6, 6.07) is 25.9. The fraction of sp³-hybridized carbons (Fsp3) is 0.217. The summed E-state index contributed by atoms with van der Waals surface area (Å²) in [6.07, 6.45) is 0. The number of nitrogens with zero attached hydrogens (tertiary/aromatic N) is 1. The molecule has 0 fully saturated rings. The minimum atomic E-state index is 0.833. The minimum Gasteiger partial charge on any atom is -0.309 e. The molecule has 4 aromatic rings. The molecule has 0 aliphatic heterocycles. The maximum Gasteiger partial charge on any atom is 0.0541 e. The second-order valence-electron chi connectivity index (χ2n) is 6.94. The van der Waals surface area contributed by atoms with Gasteiger partial charge in [0.05, 0.1) is 11.0 Å². The number of para-hydroxylation sites is 2. The van der Waals surface area contributed by atoms with E-state index < -0.39 is 0 Å². The third-order valence-corrected chi connectivity index (χ3v) is 3.87. The first-order chi connectivity index (χ1) is 11.6. The highest BCUT2D eigenvalue weighted by molar-refractivity contribution is 6.09.